The van der Waals surface area contributed by atoms with Crippen LogP contribution in [0.2, 0.25) is 0 Å². The van der Waals surface area contributed by atoms with E-state index in [1.807, 2.05) is 6.26 Å². The van der Waals surface area contributed by atoms with Crippen molar-refractivity contribution in [2.24, 2.45) is 0 Å². The molecule has 2 aromatic heterocycles. The van der Waals surface area contributed by atoms with Gasteiger partial charge in [0.05, 0.1) is 5.75 Å². The van der Waals surface area contributed by atoms with E-state index in [0.29, 0.717) is 17.2 Å². The topological polar surface area (TPSA) is 67.5 Å². The number of carboxylic acids is 1. The van der Waals surface area contributed by atoms with E-state index in [1.54, 1.807) is 24.0 Å². The number of rotatable bonds is 3. The molecule has 2 rings (SSSR count). The van der Waals surface area contributed by atoms with Crippen LogP contribution in [0.4, 0.5) is 0 Å². The average Bonchev–Trinajstić information content (AvgIpc) is 2.59. The lowest BCUT2D eigenvalue weighted by molar-refractivity contribution is 0.0698. The predicted octanol–water partition coefficient (Wildman–Crippen LogP) is 1.29. The summed E-state index contributed by atoms with van der Waals surface area (Å²) in [4.78, 5) is 15.1. The summed E-state index contributed by atoms with van der Waals surface area (Å²) in [5.74, 6) is 0.348. The molecule has 0 aromatic carbocycles. The van der Waals surface area contributed by atoms with Crippen molar-refractivity contribution in [1.29, 1.82) is 0 Å². The maximum Gasteiger partial charge on any atom is 0.339 e. The van der Waals surface area contributed by atoms with Gasteiger partial charge in [0.15, 0.2) is 11.5 Å². The molecule has 0 aliphatic heterocycles. The SMILES string of the molecule is CSCc1nc2c(C(=O)O)cccn2n1. The Morgan fingerprint density at radius 2 is 2.47 bits per heavy atom. The van der Waals surface area contributed by atoms with E-state index in [1.165, 1.54) is 10.6 Å². The van der Waals surface area contributed by atoms with Gasteiger partial charge in [0.25, 0.3) is 0 Å². The molecule has 0 amide bonds. The van der Waals surface area contributed by atoms with Crippen LogP contribution >= 0.6 is 11.8 Å². The molecule has 1 N–H and O–H groups in total. The van der Waals surface area contributed by atoms with Crippen LogP contribution in [0.3, 0.4) is 0 Å². The third-order valence-corrected chi connectivity index (χ3v) is 2.46. The molecule has 0 aliphatic rings. The lowest BCUT2D eigenvalue weighted by atomic mass is 10.3. The fourth-order valence-corrected chi connectivity index (χ4v) is 1.69. The van der Waals surface area contributed by atoms with Gasteiger partial charge in [-0.3, -0.25) is 0 Å². The van der Waals surface area contributed by atoms with Gasteiger partial charge in [0, 0.05) is 6.20 Å². The van der Waals surface area contributed by atoms with E-state index in [-0.39, 0.29) is 5.56 Å². The van der Waals surface area contributed by atoms with Crippen LogP contribution in [0.15, 0.2) is 18.3 Å². The first-order valence-corrected chi connectivity index (χ1v) is 5.68. The first-order valence-electron chi connectivity index (χ1n) is 4.29. The lowest BCUT2D eigenvalue weighted by Crippen LogP contribution is -2.00. The van der Waals surface area contributed by atoms with Crippen LogP contribution < -0.4 is 0 Å². The molecule has 0 saturated carbocycles. The average molecular weight is 223 g/mol. The van der Waals surface area contributed by atoms with Gasteiger partial charge in [-0.1, -0.05) is 0 Å². The molecule has 0 bridgehead atoms. The summed E-state index contributed by atoms with van der Waals surface area (Å²) in [6.45, 7) is 0. The Balaban J connectivity index is 2.59. The number of hydrogen-bond acceptors (Lipinski definition) is 4. The van der Waals surface area contributed by atoms with E-state index < -0.39 is 5.97 Å². The fraction of sp³-hybridized carbons (Fsp3) is 0.222. The minimum Gasteiger partial charge on any atom is -0.478 e. The molecular formula is C9H9N3O2S. The van der Waals surface area contributed by atoms with Crippen molar-refractivity contribution in [3.63, 3.8) is 0 Å². The van der Waals surface area contributed by atoms with Crippen molar-refractivity contribution in [3.05, 3.63) is 29.7 Å². The maximum atomic E-state index is 10.9. The van der Waals surface area contributed by atoms with Crippen LogP contribution in [0, 0.1) is 0 Å². The maximum absolute atomic E-state index is 10.9. The normalized spacial score (nSPS) is 10.7. The van der Waals surface area contributed by atoms with E-state index in [4.69, 9.17) is 5.11 Å². The molecule has 0 saturated heterocycles. The smallest absolute Gasteiger partial charge is 0.339 e. The van der Waals surface area contributed by atoms with Gasteiger partial charge in [-0.2, -0.15) is 16.9 Å². The van der Waals surface area contributed by atoms with Crippen molar-refractivity contribution in [2.75, 3.05) is 6.26 Å². The number of hydrogen-bond donors (Lipinski definition) is 1. The number of fused-ring (bicyclic) bond motifs is 1. The van der Waals surface area contributed by atoms with Gasteiger partial charge in [-0.05, 0) is 18.4 Å². The first-order chi connectivity index (χ1) is 7.22. The monoisotopic (exact) mass is 223 g/mol. The highest BCUT2D eigenvalue weighted by Crippen LogP contribution is 2.11. The number of thioether (sulfide) groups is 1. The Kier molecular flexibility index (Phi) is 2.59. The Labute approximate surface area is 90.1 Å². The van der Waals surface area contributed by atoms with Crippen LogP contribution in [0.25, 0.3) is 5.65 Å². The zero-order valence-electron chi connectivity index (χ0n) is 8.04. The Hall–Kier alpha value is -1.56. The summed E-state index contributed by atoms with van der Waals surface area (Å²) in [5, 5.41) is 13.1. The molecule has 78 valence electrons. The number of nitrogens with zero attached hydrogens (tertiary/aromatic N) is 3. The zero-order valence-corrected chi connectivity index (χ0v) is 8.86. The summed E-state index contributed by atoms with van der Waals surface area (Å²) in [6, 6.07) is 3.17. The summed E-state index contributed by atoms with van der Waals surface area (Å²) in [5.41, 5.74) is 0.575. The van der Waals surface area contributed by atoms with Gasteiger partial charge >= 0.3 is 5.97 Å². The molecule has 0 unspecified atom stereocenters. The quantitative estimate of drug-likeness (QED) is 0.849. The summed E-state index contributed by atoms with van der Waals surface area (Å²) in [7, 11) is 0. The Morgan fingerprint density at radius 3 is 3.13 bits per heavy atom. The molecule has 0 aliphatic carbocycles. The highest BCUT2D eigenvalue weighted by atomic mass is 32.2. The second-order valence-electron chi connectivity index (χ2n) is 2.96. The van der Waals surface area contributed by atoms with Crippen LogP contribution in [0.1, 0.15) is 16.2 Å². The molecule has 6 heteroatoms. The van der Waals surface area contributed by atoms with Gasteiger partial charge in [-0.15, -0.1) is 0 Å². The van der Waals surface area contributed by atoms with Crippen molar-refractivity contribution >= 4 is 23.4 Å². The predicted molar refractivity (Wildman–Crippen MR) is 57.2 cm³/mol. The van der Waals surface area contributed by atoms with Crippen molar-refractivity contribution in [1.82, 2.24) is 14.6 Å². The summed E-state index contributed by atoms with van der Waals surface area (Å²) < 4.78 is 1.50. The molecule has 0 spiro atoms. The third kappa shape index (κ3) is 1.80. The van der Waals surface area contributed by atoms with E-state index in [0.717, 1.165) is 0 Å². The highest BCUT2D eigenvalue weighted by molar-refractivity contribution is 7.97. The highest BCUT2D eigenvalue weighted by Gasteiger charge is 2.12. The van der Waals surface area contributed by atoms with Crippen molar-refractivity contribution in [3.8, 4) is 0 Å². The summed E-state index contributed by atoms with van der Waals surface area (Å²) in [6.07, 6.45) is 3.64. The number of aromatic carboxylic acids is 1. The van der Waals surface area contributed by atoms with E-state index in [2.05, 4.69) is 10.1 Å². The van der Waals surface area contributed by atoms with Gasteiger partial charge in [0.1, 0.15) is 5.56 Å². The molecule has 0 fully saturated rings. The minimum absolute atomic E-state index is 0.178. The molecule has 2 heterocycles. The van der Waals surface area contributed by atoms with E-state index >= 15 is 0 Å². The molecule has 2 aromatic rings. The number of pyridine rings is 1. The fourth-order valence-electron chi connectivity index (χ4n) is 1.31. The number of aromatic nitrogens is 3. The second-order valence-corrected chi connectivity index (χ2v) is 3.82. The molecular weight excluding hydrogens is 214 g/mol. The molecule has 15 heavy (non-hydrogen) atoms. The van der Waals surface area contributed by atoms with Gasteiger partial charge in [-0.25, -0.2) is 14.3 Å². The largest absolute Gasteiger partial charge is 0.478 e. The Morgan fingerprint density at radius 1 is 1.67 bits per heavy atom. The number of carbonyl (C=O) groups is 1. The molecule has 5 nitrogen and oxygen atoms in total. The minimum atomic E-state index is -0.983. The third-order valence-electron chi connectivity index (χ3n) is 1.91. The van der Waals surface area contributed by atoms with Crippen LogP contribution in [-0.2, 0) is 5.75 Å². The van der Waals surface area contributed by atoms with Crippen molar-refractivity contribution in [2.45, 2.75) is 5.75 Å². The molecule has 0 radical (unpaired) electrons. The molecule has 0 atom stereocenters. The second kappa shape index (κ2) is 3.90. The van der Waals surface area contributed by atoms with Gasteiger partial charge in [0.2, 0.25) is 0 Å². The van der Waals surface area contributed by atoms with Crippen molar-refractivity contribution < 1.29 is 9.90 Å². The standard InChI is InChI=1S/C9H9N3O2S/c1-15-5-7-10-8-6(9(13)14)3-2-4-12(8)11-7/h2-4H,5H2,1H3,(H,13,14). The number of carboxylic acid groups (broad SMARTS) is 1. The zero-order chi connectivity index (χ0) is 10.8. The van der Waals surface area contributed by atoms with Crippen LogP contribution in [-0.4, -0.2) is 31.9 Å². The lowest BCUT2D eigenvalue weighted by Gasteiger charge is -1.94. The van der Waals surface area contributed by atoms with Gasteiger partial charge < -0.3 is 5.11 Å². The Bertz CT molecular complexity index is 509. The summed E-state index contributed by atoms with van der Waals surface area (Å²) >= 11 is 1.60. The first kappa shape index (κ1) is 9.97. The van der Waals surface area contributed by atoms with E-state index in [9.17, 15) is 4.79 Å². The van der Waals surface area contributed by atoms with Crippen LogP contribution in [0.5, 0.6) is 0 Å².